The van der Waals surface area contributed by atoms with Gasteiger partial charge in [-0.2, -0.15) is 0 Å². The number of hydrogen-bond donors (Lipinski definition) is 1. The van der Waals surface area contributed by atoms with Gasteiger partial charge in [-0.25, -0.2) is 4.79 Å². The molecule has 1 aromatic rings. The maximum Gasteiger partial charge on any atom is 0.339 e. The van der Waals surface area contributed by atoms with E-state index in [9.17, 15) is 4.79 Å². The molecule has 0 aromatic heterocycles. The monoisotopic (exact) mass is 235 g/mol. The van der Waals surface area contributed by atoms with E-state index in [-0.39, 0.29) is 5.97 Å². The van der Waals surface area contributed by atoms with Gasteiger partial charge in [0.2, 0.25) is 0 Å². The highest BCUT2D eigenvalue weighted by molar-refractivity contribution is 5.93. The van der Waals surface area contributed by atoms with Crippen molar-refractivity contribution in [2.24, 2.45) is 0 Å². The van der Waals surface area contributed by atoms with E-state index in [0.29, 0.717) is 5.56 Å². The smallest absolute Gasteiger partial charge is 0.339 e. The van der Waals surface area contributed by atoms with Gasteiger partial charge in [-0.15, -0.1) is 0 Å². The summed E-state index contributed by atoms with van der Waals surface area (Å²) in [4.78, 5) is 12.1. The van der Waals surface area contributed by atoms with Gasteiger partial charge in [-0.1, -0.05) is 0 Å². The molecule has 0 amide bonds. The second-order valence-electron chi connectivity index (χ2n) is 5.24. The number of esters is 1. The first kappa shape index (κ1) is 13.6. The lowest BCUT2D eigenvalue weighted by Gasteiger charge is -2.21. The highest BCUT2D eigenvalue weighted by Crippen LogP contribution is 2.22. The number of rotatable bonds is 2. The second kappa shape index (κ2) is 4.78. The quantitative estimate of drug-likeness (QED) is 0.799. The SMILES string of the molecule is CNc1cc(C)c(C(=O)OC(C)(C)C)c(C)c1. The van der Waals surface area contributed by atoms with Crippen LogP contribution in [0, 0.1) is 13.8 Å². The maximum absolute atomic E-state index is 12.1. The molecule has 0 aliphatic heterocycles. The topological polar surface area (TPSA) is 38.3 Å². The molecule has 0 unspecified atom stereocenters. The minimum absolute atomic E-state index is 0.254. The summed E-state index contributed by atoms with van der Waals surface area (Å²) in [6.07, 6.45) is 0. The maximum atomic E-state index is 12.1. The summed E-state index contributed by atoms with van der Waals surface area (Å²) in [5.41, 5.74) is 3.08. The Hall–Kier alpha value is -1.51. The molecule has 0 fully saturated rings. The lowest BCUT2D eigenvalue weighted by molar-refractivity contribution is 0.00680. The summed E-state index contributed by atoms with van der Waals surface area (Å²) in [6, 6.07) is 3.90. The summed E-state index contributed by atoms with van der Waals surface area (Å²) < 4.78 is 5.40. The van der Waals surface area contributed by atoms with Crippen molar-refractivity contribution in [1.82, 2.24) is 0 Å². The largest absolute Gasteiger partial charge is 0.456 e. The molecule has 17 heavy (non-hydrogen) atoms. The van der Waals surface area contributed by atoms with Gasteiger partial charge in [0.1, 0.15) is 5.60 Å². The van der Waals surface area contributed by atoms with Gasteiger partial charge in [0.25, 0.3) is 0 Å². The van der Waals surface area contributed by atoms with E-state index >= 15 is 0 Å². The third kappa shape index (κ3) is 3.48. The number of aryl methyl sites for hydroxylation is 2. The van der Waals surface area contributed by atoms with E-state index in [4.69, 9.17) is 4.74 Å². The third-order valence-electron chi connectivity index (χ3n) is 2.42. The van der Waals surface area contributed by atoms with Crippen LogP contribution < -0.4 is 5.32 Å². The molecule has 1 N–H and O–H groups in total. The molecule has 1 rings (SSSR count). The Morgan fingerprint density at radius 3 is 2.00 bits per heavy atom. The molecule has 0 atom stereocenters. The van der Waals surface area contributed by atoms with Crippen LogP contribution in [0.2, 0.25) is 0 Å². The third-order valence-corrected chi connectivity index (χ3v) is 2.42. The Morgan fingerprint density at radius 1 is 1.18 bits per heavy atom. The van der Waals surface area contributed by atoms with Crippen molar-refractivity contribution in [2.75, 3.05) is 12.4 Å². The number of nitrogens with one attached hydrogen (secondary N) is 1. The van der Waals surface area contributed by atoms with Crippen LogP contribution in [0.5, 0.6) is 0 Å². The van der Waals surface area contributed by atoms with Crippen molar-refractivity contribution >= 4 is 11.7 Å². The van der Waals surface area contributed by atoms with Crippen LogP contribution in [0.15, 0.2) is 12.1 Å². The van der Waals surface area contributed by atoms with Gasteiger partial charge in [-0.3, -0.25) is 0 Å². The van der Waals surface area contributed by atoms with Crippen molar-refractivity contribution in [1.29, 1.82) is 0 Å². The molecule has 3 heteroatoms. The highest BCUT2D eigenvalue weighted by atomic mass is 16.6. The van der Waals surface area contributed by atoms with Crippen molar-refractivity contribution in [2.45, 2.75) is 40.2 Å². The van der Waals surface area contributed by atoms with E-state index in [1.165, 1.54) is 0 Å². The fourth-order valence-electron chi connectivity index (χ4n) is 1.76. The van der Waals surface area contributed by atoms with Crippen molar-refractivity contribution in [3.63, 3.8) is 0 Å². The molecule has 1 aromatic carbocycles. The van der Waals surface area contributed by atoms with Crippen LogP contribution in [0.25, 0.3) is 0 Å². The Labute approximate surface area is 103 Å². The molecule has 0 aliphatic carbocycles. The van der Waals surface area contributed by atoms with Crippen LogP contribution >= 0.6 is 0 Å². The molecule has 0 radical (unpaired) electrons. The predicted molar refractivity (Wildman–Crippen MR) is 70.6 cm³/mol. The van der Waals surface area contributed by atoms with E-state index in [0.717, 1.165) is 16.8 Å². The first-order valence-corrected chi connectivity index (χ1v) is 5.77. The van der Waals surface area contributed by atoms with Crippen molar-refractivity contribution in [3.05, 3.63) is 28.8 Å². The Kier molecular flexibility index (Phi) is 3.81. The van der Waals surface area contributed by atoms with Crippen LogP contribution in [0.3, 0.4) is 0 Å². The Bertz CT molecular complexity index is 407. The molecular formula is C14H21NO2. The fourth-order valence-corrected chi connectivity index (χ4v) is 1.76. The number of ether oxygens (including phenoxy) is 1. The fraction of sp³-hybridized carbons (Fsp3) is 0.500. The van der Waals surface area contributed by atoms with Gasteiger partial charge in [-0.05, 0) is 57.9 Å². The molecule has 0 aliphatic rings. The zero-order valence-corrected chi connectivity index (χ0v) is 11.5. The number of anilines is 1. The lowest BCUT2D eigenvalue weighted by Crippen LogP contribution is -2.25. The van der Waals surface area contributed by atoms with Gasteiger partial charge < -0.3 is 10.1 Å². The standard InChI is InChI=1S/C14H21NO2/c1-9-7-11(15-6)8-10(2)12(9)13(16)17-14(3,4)5/h7-8,15H,1-6H3. The van der Waals surface area contributed by atoms with E-state index in [1.807, 2.05) is 53.8 Å². The predicted octanol–water partition coefficient (Wildman–Crippen LogP) is 3.30. The number of benzene rings is 1. The van der Waals surface area contributed by atoms with Crippen LogP contribution in [-0.2, 0) is 4.74 Å². The highest BCUT2D eigenvalue weighted by Gasteiger charge is 2.21. The Morgan fingerprint density at radius 2 is 1.65 bits per heavy atom. The van der Waals surface area contributed by atoms with Crippen molar-refractivity contribution < 1.29 is 9.53 Å². The van der Waals surface area contributed by atoms with Gasteiger partial charge in [0, 0.05) is 12.7 Å². The first-order chi connectivity index (χ1) is 7.74. The van der Waals surface area contributed by atoms with Crippen LogP contribution in [-0.4, -0.2) is 18.6 Å². The molecule has 0 heterocycles. The lowest BCUT2D eigenvalue weighted by atomic mass is 10.0. The van der Waals surface area contributed by atoms with Crippen LogP contribution in [0.1, 0.15) is 42.3 Å². The zero-order chi connectivity index (χ0) is 13.2. The minimum atomic E-state index is -0.461. The average molecular weight is 235 g/mol. The molecular weight excluding hydrogens is 214 g/mol. The van der Waals surface area contributed by atoms with Gasteiger partial charge in [0.05, 0.1) is 5.56 Å². The van der Waals surface area contributed by atoms with Gasteiger partial charge in [0.15, 0.2) is 0 Å². The summed E-state index contributed by atoms with van der Waals surface area (Å²) in [5.74, 6) is -0.254. The zero-order valence-electron chi connectivity index (χ0n) is 11.5. The van der Waals surface area contributed by atoms with Crippen LogP contribution in [0.4, 0.5) is 5.69 Å². The Balaban J connectivity index is 3.10. The van der Waals surface area contributed by atoms with Gasteiger partial charge >= 0.3 is 5.97 Å². The molecule has 0 spiro atoms. The average Bonchev–Trinajstić information content (AvgIpc) is 2.13. The van der Waals surface area contributed by atoms with E-state index < -0.39 is 5.60 Å². The van der Waals surface area contributed by atoms with Crippen molar-refractivity contribution in [3.8, 4) is 0 Å². The normalized spacial score (nSPS) is 11.2. The summed E-state index contributed by atoms with van der Waals surface area (Å²) >= 11 is 0. The number of carbonyl (C=O) groups excluding carboxylic acids is 1. The van der Waals surface area contributed by atoms with E-state index in [2.05, 4.69) is 5.32 Å². The second-order valence-corrected chi connectivity index (χ2v) is 5.24. The molecule has 0 bridgehead atoms. The molecule has 3 nitrogen and oxygen atoms in total. The number of carbonyl (C=O) groups is 1. The minimum Gasteiger partial charge on any atom is -0.456 e. The summed E-state index contributed by atoms with van der Waals surface area (Å²) in [6.45, 7) is 9.47. The summed E-state index contributed by atoms with van der Waals surface area (Å²) in [5, 5.41) is 3.07. The molecule has 0 saturated heterocycles. The summed E-state index contributed by atoms with van der Waals surface area (Å²) in [7, 11) is 1.86. The molecule has 0 saturated carbocycles. The van der Waals surface area contributed by atoms with E-state index in [1.54, 1.807) is 0 Å². The molecule has 94 valence electrons. The number of hydrogen-bond acceptors (Lipinski definition) is 3. The first-order valence-electron chi connectivity index (χ1n) is 5.77.